The zero-order chi connectivity index (χ0) is 27.1. The van der Waals surface area contributed by atoms with E-state index in [2.05, 4.69) is 32.6 Å². The fourth-order valence-corrected chi connectivity index (χ4v) is 5.09. The molecule has 0 saturated heterocycles. The first kappa shape index (κ1) is 26.6. The van der Waals surface area contributed by atoms with Gasteiger partial charge in [-0.1, -0.05) is 17.9 Å². The second kappa shape index (κ2) is 11.7. The Hall–Kier alpha value is -4.49. The molecule has 0 saturated carbocycles. The van der Waals surface area contributed by atoms with Crippen LogP contribution >= 0.6 is 0 Å². The Morgan fingerprint density at radius 1 is 1.05 bits per heavy atom. The van der Waals surface area contributed by atoms with E-state index in [1.807, 2.05) is 12.1 Å². The fraction of sp³-hybridized carbons (Fsp3) is 0.179. The third kappa shape index (κ3) is 6.83. The van der Waals surface area contributed by atoms with Gasteiger partial charge >= 0.3 is 0 Å². The van der Waals surface area contributed by atoms with E-state index in [0.29, 0.717) is 24.2 Å². The largest absolute Gasteiger partial charge is 0.373 e. The molecule has 10 heteroatoms. The van der Waals surface area contributed by atoms with Gasteiger partial charge in [0.05, 0.1) is 16.3 Å². The second-order valence-corrected chi connectivity index (χ2v) is 10.5. The molecule has 0 atom stereocenters. The molecule has 0 unspecified atom stereocenters. The summed E-state index contributed by atoms with van der Waals surface area (Å²) < 4.78 is 41.3. The van der Waals surface area contributed by atoms with Gasteiger partial charge in [-0.3, -0.25) is 9.48 Å². The van der Waals surface area contributed by atoms with Crippen LogP contribution in [0.3, 0.4) is 0 Å². The highest BCUT2D eigenvalue weighted by Crippen LogP contribution is 2.22. The van der Waals surface area contributed by atoms with Crippen molar-refractivity contribution < 1.29 is 17.6 Å². The molecule has 0 bridgehead atoms. The molecule has 0 spiro atoms. The van der Waals surface area contributed by atoms with E-state index in [-0.39, 0.29) is 27.7 Å². The molecule has 8 nitrogen and oxygen atoms in total. The Balaban J connectivity index is 1.58. The van der Waals surface area contributed by atoms with Crippen LogP contribution in [0, 0.1) is 17.7 Å². The number of aryl methyl sites for hydroxylation is 1. The van der Waals surface area contributed by atoms with Crippen molar-refractivity contribution in [1.82, 2.24) is 20.1 Å². The predicted molar refractivity (Wildman–Crippen MR) is 143 cm³/mol. The van der Waals surface area contributed by atoms with E-state index >= 15 is 0 Å². The lowest BCUT2D eigenvalue weighted by atomic mass is 10.1. The molecule has 0 aliphatic heterocycles. The van der Waals surface area contributed by atoms with Gasteiger partial charge in [-0.05, 0) is 66.6 Å². The summed E-state index contributed by atoms with van der Waals surface area (Å²) in [6, 6.07) is 15.3. The first-order chi connectivity index (χ1) is 18.2. The molecule has 2 heterocycles. The van der Waals surface area contributed by atoms with E-state index < -0.39 is 15.7 Å². The Kier molecular flexibility index (Phi) is 8.19. The fourth-order valence-electron chi connectivity index (χ4n) is 3.67. The lowest BCUT2D eigenvalue weighted by Crippen LogP contribution is -2.26. The summed E-state index contributed by atoms with van der Waals surface area (Å²) in [5.74, 6) is 5.41. The van der Waals surface area contributed by atoms with Crippen molar-refractivity contribution in [3.05, 3.63) is 107 Å². The lowest BCUT2D eigenvalue weighted by molar-refractivity contribution is 0.0954. The summed E-state index contributed by atoms with van der Waals surface area (Å²) in [4.78, 5) is 17.1. The number of anilines is 1. The number of sulfone groups is 1. The van der Waals surface area contributed by atoms with Crippen molar-refractivity contribution in [2.45, 2.75) is 17.1 Å². The Bertz CT molecular complexity index is 1600. The average Bonchev–Trinajstić information content (AvgIpc) is 3.32. The van der Waals surface area contributed by atoms with Crippen LogP contribution in [0.2, 0.25) is 0 Å². The van der Waals surface area contributed by atoms with Crippen molar-refractivity contribution in [1.29, 1.82) is 0 Å². The van der Waals surface area contributed by atoms with Crippen molar-refractivity contribution in [3.8, 4) is 11.8 Å². The minimum absolute atomic E-state index is 0.00925. The molecule has 38 heavy (non-hydrogen) atoms. The SMILES string of the molecule is CNc1ccc(CCNC(=O)c2ccc(S(=O)(=O)Cc3ccn(C)n3)c(C#Cc3ccc(F)cc3)c2)cn1. The van der Waals surface area contributed by atoms with Gasteiger partial charge in [0.25, 0.3) is 5.91 Å². The van der Waals surface area contributed by atoms with Gasteiger partial charge in [-0.15, -0.1) is 0 Å². The van der Waals surface area contributed by atoms with Gasteiger partial charge in [0.15, 0.2) is 9.84 Å². The molecule has 1 amide bonds. The van der Waals surface area contributed by atoms with Crippen LogP contribution < -0.4 is 10.6 Å². The van der Waals surface area contributed by atoms with E-state index in [9.17, 15) is 17.6 Å². The van der Waals surface area contributed by atoms with E-state index in [0.717, 1.165) is 11.4 Å². The first-order valence-corrected chi connectivity index (χ1v) is 13.4. The predicted octanol–water partition coefficient (Wildman–Crippen LogP) is 3.34. The van der Waals surface area contributed by atoms with Gasteiger partial charge in [0.1, 0.15) is 11.6 Å². The van der Waals surface area contributed by atoms with Crippen molar-refractivity contribution in [3.63, 3.8) is 0 Å². The van der Waals surface area contributed by atoms with E-state index in [1.54, 1.807) is 32.6 Å². The molecule has 2 aromatic carbocycles. The van der Waals surface area contributed by atoms with Crippen LogP contribution in [0.15, 0.2) is 78.0 Å². The third-order valence-electron chi connectivity index (χ3n) is 5.65. The maximum absolute atomic E-state index is 13.3. The van der Waals surface area contributed by atoms with Crippen LogP contribution in [0.25, 0.3) is 0 Å². The Labute approximate surface area is 220 Å². The number of pyridine rings is 1. The summed E-state index contributed by atoms with van der Waals surface area (Å²) in [5.41, 5.74) is 2.31. The first-order valence-electron chi connectivity index (χ1n) is 11.8. The number of amides is 1. The molecule has 0 radical (unpaired) electrons. The molecule has 0 aliphatic carbocycles. The molecule has 2 aromatic heterocycles. The number of aromatic nitrogens is 3. The maximum Gasteiger partial charge on any atom is 0.251 e. The van der Waals surface area contributed by atoms with Crippen LogP contribution in [-0.4, -0.2) is 42.7 Å². The van der Waals surface area contributed by atoms with Gasteiger partial charge in [-0.2, -0.15) is 5.10 Å². The van der Waals surface area contributed by atoms with Crippen molar-refractivity contribution >= 4 is 21.6 Å². The molecule has 2 N–H and O–H groups in total. The van der Waals surface area contributed by atoms with Gasteiger partial charge < -0.3 is 10.6 Å². The van der Waals surface area contributed by atoms with Crippen molar-refractivity contribution in [2.75, 3.05) is 18.9 Å². The zero-order valence-corrected chi connectivity index (χ0v) is 21.7. The zero-order valence-electron chi connectivity index (χ0n) is 20.9. The molecular weight excluding hydrogens is 505 g/mol. The minimum atomic E-state index is -3.83. The van der Waals surface area contributed by atoms with E-state index in [4.69, 9.17) is 0 Å². The maximum atomic E-state index is 13.3. The standard InChI is InChI=1S/C28H26FN5O3S/c1-30-27-12-6-21(18-32-27)13-15-31-28(35)23-8-11-26(38(36,37)19-25-14-16-34(2)33-25)22(17-23)7-3-20-4-9-24(29)10-5-20/h4-6,8-12,14,16-18H,13,15,19H2,1-2H3,(H,30,32)(H,31,35). The number of hydrogen-bond donors (Lipinski definition) is 2. The highest BCUT2D eigenvalue weighted by Gasteiger charge is 2.21. The smallest absolute Gasteiger partial charge is 0.251 e. The Morgan fingerprint density at radius 2 is 1.84 bits per heavy atom. The quantitative estimate of drug-likeness (QED) is 0.338. The molecule has 194 valence electrons. The third-order valence-corrected chi connectivity index (χ3v) is 7.35. The number of carbonyl (C=O) groups excluding carboxylic acids is 1. The lowest BCUT2D eigenvalue weighted by Gasteiger charge is -2.10. The normalized spacial score (nSPS) is 10.9. The van der Waals surface area contributed by atoms with Crippen LogP contribution in [0.1, 0.15) is 32.7 Å². The molecule has 0 aliphatic rings. The number of rotatable bonds is 8. The van der Waals surface area contributed by atoms with Crippen LogP contribution in [0.5, 0.6) is 0 Å². The van der Waals surface area contributed by atoms with Gasteiger partial charge in [-0.25, -0.2) is 17.8 Å². The molecule has 0 fully saturated rings. The highest BCUT2D eigenvalue weighted by atomic mass is 32.2. The summed E-state index contributed by atoms with van der Waals surface area (Å²) in [7, 11) is -0.332. The minimum Gasteiger partial charge on any atom is -0.373 e. The van der Waals surface area contributed by atoms with Crippen LogP contribution in [-0.2, 0) is 29.1 Å². The molecular formula is C28H26FN5O3S. The summed E-state index contributed by atoms with van der Waals surface area (Å²) >= 11 is 0. The number of benzene rings is 2. The summed E-state index contributed by atoms with van der Waals surface area (Å²) in [6.45, 7) is 0.371. The van der Waals surface area contributed by atoms with E-state index in [1.165, 1.54) is 47.1 Å². The second-order valence-electron chi connectivity index (χ2n) is 8.52. The topological polar surface area (TPSA) is 106 Å². The summed E-state index contributed by atoms with van der Waals surface area (Å²) in [5, 5.41) is 9.96. The van der Waals surface area contributed by atoms with Gasteiger partial charge in [0.2, 0.25) is 0 Å². The number of carbonyl (C=O) groups is 1. The monoisotopic (exact) mass is 531 g/mol. The highest BCUT2D eigenvalue weighted by molar-refractivity contribution is 7.90. The number of nitrogens with one attached hydrogen (secondary N) is 2. The number of hydrogen-bond acceptors (Lipinski definition) is 6. The average molecular weight is 532 g/mol. The molecule has 4 aromatic rings. The Morgan fingerprint density at radius 3 is 2.50 bits per heavy atom. The number of nitrogens with zero attached hydrogens (tertiary/aromatic N) is 3. The van der Waals surface area contributed by atoms with Gasteiger partial charge in [0, 0.05) is 49.7 Å². The molecule has 4 rings (SSSR count). The number of halogens is 1. The van der Waals surface area contributed by atoms with Crippen molar-refractivity contribution in [2.24, 2.45) is 7.05 Å². The van der Waals surface area contributed by atoms with Crippen LogP contribution in [0.4, 0.5) is 10.2 Å². The summed E-state index contributed by atoms with van der Waals surface area (Å²) in [6.07, 6.45) is 3.98.